The summed E-state index contributed by atoms with van der Waals surface area (Å²) >= 11 is 5.91. The van der Waals surface area contributed by atoms with Gasteiger partial charge in [0.25, 0.3) is 5.91 Å². The maximum absolute atomic E-state index is 13.1. The quantitative estimate of drug-likeness (QED) is 0.225. The molecule has 0 unspecified atom stereocenters. The molecule has 0 saturated heterocycles. The molecular formula is C24H14ClF6NO5. The van der Waals surface area contributed by atoms with Crippen molar-refractivity contribution < 1.29 is 50.1 Å². The van der Waals surface area contributed by atoms with Gasteiger partial charge in [-0.25, -0.2) is 0 Å². The lowest BCUT2D eigenvalue weighted by atomic mass is 10.1. The Balaban J connectivity index is 1.56. The van der Waals surface area contributed by atoms with Gasteiger partial charge < -0.3 is 19.5 Å². The van der Waals surface area contributed by atoms with Crippen LogP contribution >= 0.6 is 11.6 Å². The molecule has 1 aliphatic rings. The highest BCUT2D eigenvalue weighted by atomic mass is 35.5. The van der Waals surface area contributed by atoms with Crippen LogP contribution < -0.4 is 19.5 Å². The Morgan fingerprint density at radius 3 is 2.16 bits per heavy atom. The molecule has 0 fully saturated rings. The topological polar surface area (TPSA) is 73.9 Å². The summed E-state index contributed by atoms with van der Waals surface area (Å²) in [7, 11) is 0. The van der Waals surface area contributed by atoms with Crippen molar-refractivity contribution in [1.29, 1.82) is 0 Å². The molecule has 6 nitrogen and oxygen atoms in total. The first-order valence-electron chi connectivity index (χ1n) is 10.3. The SMILES string of the molecule is O=C(Cc1ccc2c(c1)OCO2)Oc1ccc(Cl)cc1C(=O)Nc1cc(C(F)(F)F)cc(C(F)(F)F)c1. The van der Waals surface area contributed by atoms with Gasteiger partial charge in [-0.05, 0) is 54.1 Å². The Morgan fingerprint density at radius 1 is 0.865 bits per heavy atom. The maximum atomic E-state index is 13.1. The highest BCUT2D eigenvalue weighted by Gasteiger charge is 2.37. The van der Waals surface area contributed by atoms with E-state index >= 15 is 0 Å². The number of fused-ring (bicyclic) bond motifs is 1. The molecular weight excluding hydrogens is 532 g/mol. The van der Waals surface area contributed by atoms with Gasteiger partial charge in [0.1, 0.15) is 5.75 Å². The first-order valence-corrected chi connectivity index (χ1v) is 10.7. The van der Waals surface area contributed by atoms with Crippen molar-refractivity contribution in [3.8, 4) is 17.2 Å². The van der Waals surface area contributed by atoms with Gasteiger partial charge in [0.2, 0.25) is 6.79 Å². The van der Waals surface area contributed by atoms with Gasteiger partial charge in [-0.1, -0.05) is 17.7 Å². The van der Waals surface area contributed by atoms with Gasteiger partial charge in [-0.2, -0.15) is 26.3 Å². The molecule has 37 heavy (non-hydrogen) atoms. The second-order valence-electron chi connectivity index (χ2n) is 7.73. The lowest BCUT2D eigenvalue weighted by Crippen LogP contribution is -2.18. The summed E-state index contributed by atoms with van der Waals surface area (Å²) in [4.78, 5) is 25.3. The fraction of sp³-hybridized carbons (Fsp3) is 0.167. The van der Waals surface area contributed by atoms with Gasteiger partial charge in [-0.3, -0.25) is 9.59 Å². The fourth-order valence-electron chi connectivity index (χ4n) is 3.37. The Morgan fingerprint density at radius 2 is 1.51 bits per heavy atom. The van der Waals surface area contributed by atoms with Crippen LogP contribution in [0.5, 0.6) is 17.2 Å². The standard InChI is InChI=1S/C24H14ClF6NO5/c25-15-2-4-18(37-21(33)6-12-1-3-19-20(5-12)36-11-35-19)17(10-15)22(34)32-16-8-13(23(26,27)28)7-14(9-16)24(29,30)31/h1-5,7-10H,6,11H2,(H,32,34). The van der Waals surface area contributed by atoms with Crippen molar-refractivity contribution in [3.05, 3.63) is 81.9 Å². The molecule has 4 rings (SSSR count). The number of amides is 1. The number of hydrogen-bond acceptors (Lipinski definition) is 5. The van der Waals surface area contributed by atoms with Gasteiger partial charge in [0.15, 0.2) is 11.5 Å². The average Bonchev–Trinajstić information content (AvgIpc) is 3.26. The molecule has 1 amide bonds. The Hall–Kier alpha value is -3.93. The summed E-state index contributed by atoms with van der Waals surface area (Å²) in [5.41, 5.74) is -3.89. The zero-order valence-corrected chi connectivity index (χ0v) is 19.1. The summed E-state index contributed by atoms with van der Waals surface area (Å²) in [5.74, 6) is -1.35. The van der Waals surface area contributed by atoms with Gasteiger partial charge in [-0.15, -0.1) is 0 Å². The van der Waals surface area contributed by atoms with Crippen LogP contribution in [0.3, 0.4) is 0 Å². The number of ether oxygens (including phenoxy) is 3. The zero-order chi connectivity index (χ0) is 27.0. The first kappa shape index (κ1) is 26.1. The Kier molecular flexibility index (Phi) is 6.96. The van der Waals surface area contributed by atoms with Gasteiger partial charge in [0, 0.05) is 10.7 Å². The molecule has 1 N–H and O–H groups in total. The van der Waals surface area contributed by atoms with E-state index in [1.165, 1.54) is 12.1 Å². The summed E-state index contributed by atoms with van der Waals surface area (Å²) < 4.78 is 94.5. The van der Waals surface area contributed by atoms with Crippen molar-refractivity contribution in [2.45, 2.75) is 18.8 Å². The van der Waals surface area contributed by atoms with Crippen LogP contribution in [0.1, 0.15) is 27.0 Å². The van der Waals surface area contributed by atoms with E-state index in [-0.39, 0.29) is 30.1 Å². The minimum atomic E-state index is -5.10. The second-order valence-corrected chi connectivity index (χ2v) is 8.16. The molecule has 0 atom stereocenters. The number of carbonyl (C=O) groups excluding carboxylic acids is 2. The van der Waals surface area contributed by atoms with Gasteiger partial charge >= 0.3 is 18.3 Å². The maximum Gasteiger partial charge on any atom is 0.416 e. The van der Waals surface area contributed by atoms with Crippen molar-refractivity contribution >= 4 is 29.2 Å². The van der Waals surface area contributed by atoms with E-state index in [1.807, 2.05) is 5.32 Å². The summed E-state index contributed by atoms with van der Waals surface area (Å²) in [5, 5.41) is 1.98. The molecule has 0 saturated carbocycles. The molecule has 1 aliphatic heterocycles. The highest BCUT2D eigenvalue weighted by Crippen LogP contribution is 2.38. The molecule has 0 aromatic heterocycles. The molecule has 194 valence electrons. The molecule has 0 spiro atoms. The van der Waals surface area contributed by atoms with E-state index in [9.17, 15) is 35.9 Å². The van der Waals surface area contributed by atoms with E-state index in [1.54, 1.807) is 18.2 Å². The van der Waals surface area contributed by atoms with E-state index in [4.69, 9.17) is 25.8 Å². The van der Waals surface area contributed by atoms with Gasteiger partial charge in [0.05, 0.1) is 23.1 Å². The van der Waals surface area contributed by atoms with Crippen LogP contribution in [0.15, 0.2) is 54.6 Å². The number of benzene rings is 3. The van der Waals surface area contributed by atoms with Crippen molar-refractivity contribution in [2.24, 2.45) is 0 Å². The average molecular weight is 546 g/mol. The summed E-state index contributed by atoms with van der Waals surface area (Å²) in [6, 6.07) is 8.88. The third kappa shape index (κ3) is 6.26. The van der Waals surface area contributed by atoms with Crippen molar-refractivity contribution in [3.63, 3.8) is 0 Å². The molecule has 3 aromatic carbocycles. The lowest BCUT2D eigenvalue weighted by molar-refractivity contribution is -0.143. The van der Waals surface area contributed by atoms with E-state index in [0.717, 1.165) is 6.07 Å². The number of rotatable bonds is 5. The molecule has 13 heteroatoms. The largest absolute Gasteiger partial charge is 0.454 e. The molecule has 1 heterocycles. The number of hydrogen-bond donors (Lipinski definition) is 1. The lowest BCUT2D eigenvalue weighted by Gasteiger charge is -2.15. The van der Waals surface area contributed by atoms with Crippen molar-refractivity contribution in [1.82, 2.24) is 0 Å². The third-order valence-corrected chi connectivity index (χ3v) is 5.28. The van der Waals surface area contributed by atoms with Crippen LogP contribution in [0.25, 0.3) is 0 Å². The predicted molar refractivity (Wildman–Crippen MR) is 118 cm³/mol. The van der Waals surface area contributed by atoms with Crippen LogP contribution in [0, 0.1) is 0 Å². The smallest absolute Gasteiger partial charge is 0.416 e. The minimum absolute atomic E-state index is 0.000688. The number of alkyl halides is 6. The van der Waals surface area contributed by atoms with E-state index in [0.29, 0.717) is 29.2 Å². The molecule has 0 radical (unpaired) electrons. The zero-order valence-electron chi connectivity index (χ0n) is 18.3. The van der Waals surface area contributed by atoms with Crippen LogP contribution in [-0.2, 0) is 23.6 Å². The van der Waals surface area contributed by atoms with E-state index < -0.39 is 46.6 Å². The number of nitrogens with one attached hydrogen (secondary N) is 1. The normalized spacial score (nSPS) is 12.8. The minimum Gasteiger partial charge on any atom is -0.454 e. The Bertz CT molecular complexity index is 1340. The van der Waals surface area contributed by atoms with E-state index in [2.05, 4.69) is 0 Å². The number of anilines is 1. The number of esters is 1. The number of halogens is 7. The third-order valence-electron chi connectivity index (χ3n) is 5.04. The highest BCUT2D eigenvalue weighted by molar-refractivity contribution is 6.31. The molecule has 3 aromatic rings. The predicted octanol–water partition coefficient (Wildman–Crippen LogP) is 6.51. The Labute approximate surface area is 209 Å². The van der Waals surface area contributed by atoms with Crippen LogP contribution in [-0.4, -0.2) is 18.7 Å². The van der Waals surface area contributed by atoms with Crippen LogP contribution in [0.2, 0.25) is 5.02 Å². The summed E-state index contributed by atoms with van der Waals surface area (Å²) in [6.45, 7) is 0.0306. The summed E-state index contributed by atoms with van der Waals surface area (Å²) in [6.07, 6.45) is -10.5. The van der Waals surface area contributed by atoms with Crippen LogP contribution in [0.4, 0.5) is 32.0 Å². The second kappa shape index (κ2) is 9.85. The number of carbonyl (C=O) groups is 2. The first-order chi connectivity index (χ1) is 17.3. The molecule has 0 bridgehead atoms. The fourth-order valence-corrected chi connectivity index (χ4v) is 3.54. The monoisotopic (exact) mass is 545 g/mol. The molecule has 0 aliphatic carbocycles. The van der Waals surface area contributed by atoms with Crippen molar-refractivity contribution in [2.75, 3.05) is 12.1 Å².